The van der Waals surface area contributed by atoms with E-state index in [-0.39, 0.29) is 6.10 Å². The Labute approximate surface area is 163 Å². The fourth-order valence-electron chi connectivity index (χ4n) is 4.76. The molecule has 1 aromatic rings. The third kappa shape index (κ3) is 4.30. The van der Waals surface area contributed by atoms with Gasteiger partial charge in [0.25, 0.3) is 0 Å². The third-order valence-corrected chi connectivity index (χ3v) is 6.31. The van der Waals surface area contributed by atoms with Gasteiger partial charge in [0.05, 0.1) is 12.7 Å². The zero-order chi connectivity index (χ0) is 18.5. The fraction of sp³-hybridized carbons (Fsp3) is 0.682. The van der Waals surface area contributed by atoms with Gasteiger partial charge in [0.2, 0.25) is 0 Å². The van der Waals surface area contributed by atoms with Crippen molar-refractivity contribution in [2.75, 3.05) is 46.0 Å². The van der Waals surface area contributed by atoms with Gasteiger partial charge < -0.3 is 19.7 Å². The molecule has 5 heteroatoms. The molecule has 3 fully saturated rings. The number of ether oxygens (including phenoxy) is 2. The average Bonchev–Trinajstić information content (AvgIpc) is 3.36. The zero-order valence-electron chi connectivity index (χ0n) is 16.5. The first-order valence-electron chi connectivity index (χ1n) is 10.6. The molecular weight excluding hydrogens is 338 g/mol. The normalized spacial score (nSPS) is 31.6. The van der Waals surface area contributed by atoms with Crippen molar-refractivity contribution in [3.8, 4) is 0 Å². The lowest BCUT2D eigenvalue weighted by Gasteiger charge is -2.32. The van der Waals surface area contributed by atoms with Crippen molar-refractivity contribution in [2.24, 2.45) is 16.3 Å². The predicted molar refractivity (Wildman–Crippen MR) is 108 cm³/mol. The summed E-state index contributed by atoms with van der Waals surface area (Å²) in [6, 6.07) is 10.6. The zero-order valence-corrected chi connectivity index (χ0v) is 16.5. The molecule has 0 amide bonds. The number of hydrogen-bond acceptors (Lipinski definition) is 3. The molecule has 0 saturated carbocycles. The molecule has 3 saturated heterocycles. The van der Waals surface area contributed by atoms with Crippen molar-refractivity contribution in [3.05, 3.63) is 35.9 Å². The average molecular weight is 372 g/mol. The van der Waals surface area contributed by atoms with E-state index in [1.54, 1.807) is 0 Å². The third-order valence-electron chi connectivity index (χ3n) is 6.31. The van der Waals surface area contributed by atoms with Gasteiger partial charge in [-0.15, -0.1) is 0 Å². The molecule has 27 heavy (non-hydrogen) atoms. The van der Waals surface area contributed by atoms with E-state index in [2.05, 4.69) is 47.5 Å². The summed E-state index contributed by atoms with van der Waals surface area (Å²) in [5.41, 5.74) is 1.64. The van der Waals surface area contributed by atoms with Crippen LogP contribution < -0.4 is 5.32 Å². The minimum absolute atomic E-state index is 0.166. The molecular formula is C22H33N3O2. The molecule has 0 bridgehead atoms. The van der Waals surface area contributed by atoms with Crippen LogP contribution in [0.15, 0.2) is 35.3 Å². The number of nitrogens with zero attached hydrogens (tertiary/aromatic N) is 2. The highest BCUT2D eigenvalue weighted by Gasteiger charge is 2.42. The van der Waals surface area contributed by atoms with E-state index < -0.39 is 0 Å². The summed E-state index contributed by atoms with van der Waals surface area (Å²) in [6.45, 7) is 8.71. The van der Waals surface area contributed by atoms with Gasteiger partial charge in [-0.25, -0.2) is 0 Å². The van der Waals surface area contributed by atoms with E-state index in [1.807, 2.05) is 0 Å². The van der Waals surface area contributed by atoms with Gasteiger partial charge in [-0.2, -0.15) is 0 Å². The van der Waals surface area contributed by atoms with Crippen LogP contribution in [0.5, 0.6) is 0 Å². The minimum atomic E-state index is 0.166. The highest BCUT2D eigenvalue weighted by Crippen LogP contribution is 2.38. The van der Waals surface area contributed by atoms with Gasteiger partial charge in [0, 0.05) is 50.7 Å². The Morgan fingerprint density at radius 1 is 1.26 bits per heavy atom. The molecule has 3 unspecified atom stereocenters. The Balaban J connectivity index is 1.44. The Hall–Kier alpha value is -1.59. The van der Waals surface area contributed by atoms with Crippen molar-refractivity contribution >= 4 is 5.96 Å². The van der Waals surface area contributed by atoms with Crippen LogP contribution in [-0.4, -0.2) is 56.9 Å². The topological polar surface area (TPSA) is 46.1 Å². The molecule has 1 aromatic carbocycles. The van der Waals surface area contributed by atoms with E-state index >= 15 is 0 Å². The first-order valence-corrected chi connectivity index (χ1v) is 10.6. The van der Waals surface area contributed by atoms with Crippen molar-refractivity contribution < 1.29 is 9.47 Å². The van der Waals surface area contributed by atoms with Crippen molar-refractivity contribution in [1.29, 1.82) is 0 Å². The standard InChI is InChI=1S/C22H33N3O2/c1-2-23-21(25-12-10-22(16-25)11-14-26-17-22)24-15-19-9-6-13-27-20(19)18-7-4-3-5-8-18/h3-5,7-8,19-20H,2,6,9-17H2,1H3,(H,23,24). The summed E-state index contributed by atoms with van der Waals surface area (Å²) in [6.07, 6.45) is 4.89. The smallest absolute Gasteiger partial charge is 0.193 e. The maximum atomic E-state index is 6.15. The first-order chi connectivity index (χ1) is 13.3. The number of benzene rings is 1. The second-order valence-electron chi connectivity index (χ2n) is 8.27. The molecule has 3 aliphatic rings. The Morgan fingerprint density at radius 2 is 2.15 bits per heavy atom. The number of guanidine groups is 1. The van der Waals surface area contributed by atoms with Gasteiger partial charge >= 0.3 is 0 Å². The number of aliphatic imine (C=N–C) groups is 1. The molecule has 4 rings (SSSR count). The summed E-state index contributed by atoms with van der Waals surface area (Å²) < 4.78 is 11.8. The SMILES string of the molecule is CCNC(=NCC1CCCOC1c1ccccc1)N1CCC2(CCOC2)C1. The van der Waals surface area contributed by atoms with E-state index in [4.69, 9.17) is 14.5 Å². The van der Waals surface area contributed by atoms with Crippen molar-refractivity contribution in [3.63, 3.8) is 0 Å². The molecule has 3 atom stereocenters. The summed E-state index contributed by atoms with van der Waals surface area (Å²) in [4.78, 5) is 7.50. The number of rotatable bonds is 4. The lowest BCUT2D eigenvalue weighted by molar-refractivity contribution is -0.0250. The van der Waals surface area contributed by atoms with Crippen LogP contribution in [0.2, 0.25) is 0 Å². The minimum Gasteiger partial charge on any atom is -0.381 e. The Kier molecular flexibility index (Phi) is 5.98. The van der Waals surface area contributed by atoms with Crippen LogP contribution in [-0.2, 0) is 9.47 Å². The number of nitrogens with one attached hydrogen (secondary N) is 1. The highest BCUT2D eigenvalue weighted by atomic mass is 16.5. The van der Waals surface area contributed by atoms with Crippen LogP contribution >= 0.6 is 0 Å². The van der Waals surface area contributed by atoms with Gasteiger partial charge in [0.1, 0.15) is 0 Å². The predicted octanol–water partition coefficient (Wildman–Crippen LogP) is 3.23. The quantitative estimate of drug-likeness (QED) is 0.652. The Morgan fingerprint density at radius 3 is 2.93 bits per heavy atom. The lowest BCUT2D eigenvalue weighted by atomic mass is 9.87. The van der Waals surface area contributed by atoms with Crippen LogP contribution in [0, 0.1) is 11.3 Å². The van der Waals surface area contributed by atoms with Crippen LogP contribution in [0.25, 0.3) is 0 Å². The maximum Gasteiger partial charge on any atom is 0.193 e. The highest BCUT2D eigenvalue weighted by molar-refractivity contribution is 5.80. The second kappa shape index (κ2) is 8.61. The van der Waals surface area contributed by atoms with E-state index in [1.165, 1.54) is 24.8 Å². The molecule has 0 radical (unpaired) electrons. The summed E-state index contributed by atoms with van der Waals surface area (Å²) in [7, 11) is 0. The number of hydrogen-bond donors (Lipinski definition) is 1. The van der Waals surface area contributed by atoms with Gasteiger partial charge in [-0.1, -0.05) is 30.3 Å². The molecule has 3 heterocycles. The van der Waals surface area contributed by atoms with Crippen molar-refractivity contribution in [2.45, 2.75) is 38.7 Å². The molecule has 5 nitrogen and oxygen atoms in total. The molecule has 1 N–H and O–H groups in total. The summed E-state index contributed by atoms with van der Waals surface area (Å²) in [5, 5.41) is 3.52. The van der Waals surface area contributed by atoms with Crippen LogP contribution in [0.4, 0.5) is 0 Å². The summed E-state index contributed by atoms with van der Waals surface area (Å²) >= 11 is 0. The molecule has 0 aromatic heterocycles. The van der Waals surface area contributed by atoms with Gasteiger partial charge in [-0.05, 0) is 38.2 Å². The fourth-order valence-corrected chi connectivity index (χ4v) is 4.76. The largest absolute Gasteiger partial charge is 0.381 e. The summed E-state index contributed by atoms with van der Waals surface area (Å²) in [5.74, 6) is 1.51. The van der Waals surface area contributed by atoms with Crippen LogP contribution in [0.3, 0.4) is 0 Å². The van der Waals surface area contributed by atoms with E-state index in [9.17, 15) is 0 Å². The second-order valence-corrected chi connectivity index (χ2v) is 8.27. The van der Waals surface area contributed by atoms with Gasteiger partial charge in [-0.3, -0.25) is 4.99 Å². The monoisotopic (exact) mass is 371 g/mol. The van der Waals surface area contributed by atoms with E-state index in [0.29, 0.717) is 11.3 Å². The van der Waals surface area contributed by atoms with Gasteiger partial charge in [0.15, 0.2) is 5.96 Å². The lowest BCUT2D eigenvalue weighted by Crippen LogP contribution is -2.42. The molecule has 1 spiro atoms. The first kappa shape index (κ1) is 18.8. The number of likely N-dealkylation sites (tertiary alicyclic amines) is 1. The molecule has 148 valence electrons. The van der Waals surface area contributed by atoms with E-state index in [0.717, 1.165) is 58.4 Å². The molecule has 0 aliphatic carbocycles. The Bertz CT molecular complexity index is 628. The maximum absolute atomic E-state index is 6.15. The van der Waals surface area contributed by atoms with Crippen molar-refractivity contribution in [1.82, 2.24) is 10.2 Å². The van der Waals surface area contributed by atoms with Crippen LogP contribution in [0.1, 0.15) is 44.3 Å². The molecule has 3 aliphatic heterocycles.